The predicted octanol–water partition coefficient (Wildman–Crippen LogP) is 3.38. The lowest BCUT2D eigenvalue weighted by molar-refractivity contribution is -0.134. The van der Waals surface area contributed by atoms with Crippen LogP contribution in [0.3, 0.4) is 0 Å². The van der Waals surface area contributed by atoms with Crippen LogP contribution in [0.4, 0.5) is 0 Å². The van der Waals surface area contributed by atoms with Gasteiger partial charge in [-0.15, -0.1) is 0 Å². The number of primary amides is 1. The number of benzene rings is 2. The molecule has 158 valence electrons. The Bertz CT molecular complexity index is 1000. The Kier molecular flexibility index (Phi) is 6.26. The number of carbonyl (C=O) groups is 2. The van der Waals surface area contributed by atoms with Crippen LogP contribution in [0.1, 0.15) is 40.4 Å². The molecule has 1 atom stereocenters. The molecule has 31 heavy (non-hydrogen) atoms. The molecule has 6 nitrogen and oxygen atoms in total. The minimum atomic E-state index is -0.598. The van der Waals surface area contributed by atoms with Gasteiger partial charge in [-0.25, -0.2) is 0 Å². The van der Waals surface area contributed by atoms with Gasteiger partial charge in [0, 0.05) is 18.8 Å². The maximum atomic E-state index is 13.6. The Balaban J connectivity index is 1.53. The van der Waals surface area contributed by atoms with Gasteiger partial charge in [0.15, 0.2) is 0 Å². The summed E-state index contributed by atoms with van der Waals surface area (Å²) in [6.07, 6.45) is 3.02. The fourth-order valence-electron chi connectivity index (χ4n) is 4.00. The number of piperidine rings is 1. The number of nitrogens with zero attached hydrogens (tertiary/aromatic N) is 2. The molecule has 1 unspecified atom stereocenters. The standard InChI is InChI=1S/C25H25N3O3/c26-24(29)22-16-20(13-14-27-22)31-21-12-7-15-28(17-21)25(30)23(18-8-3-1-4-9-18)19-10-5-2-6-11-19/h1-6,8-11,13-14,16,21,23H,7,12,15,17H2,(H2,26,29). The summed E-state index contributed by atoms with van der Waals surface area (Å²) in [5.74, 6) is -0.355. The second-order valence-electron chi connectivity index (χ2n) is 7.66. The van der Waals surface area contributed by atoms with Crippen molar-refractivity contribution in [3.63, 3.8) is 0 Å². The van der Waals surface area contributed by atoms with E-state index in [0.29, 0.717) is 18.8 Å². The van der Waals surface area contributed by atoms with Gasteiger partial charge in [-0.2, -0.15) is 0 Å². The van der Waals surface area contributed by atoms with E-state index >= 15 is 0 Å². The second kappa shape index (κ2) is 9.43. The smallest absolute Gasteiger partial charge is 0.267 e. The first-order chi connectivity index (χ1) is 15.1. The van der Waals surface area contributed by atoms with Crippen molar-refractivity contribution in [1.82, 2.24) is 9.88 Å². The van der Waals surface area contributed by atoms with E-state index in [1.165, 1.54) is 6.20 Å². The number of ether oxygens (including phenoxy) is 1. The fraction of sp³-hybridized carbons (Fsp3) is 0.240. The maximum absolute atomic E-state index is 13.6. The molecule has 0 aliphatic carbocycles. The van der Waals surface area contributed by atoms with Gasteiger partial charge in [-0.1, -0.05) is 60.7 Å². The van der Waals surface area contributed by atoms with Crippen molar-refractivity contribution < 1.29 is 14.3 Å². The van der Waals surface area contributed by atoms with Gasteiger partial charge in [0.2, 0.25) is 5.91 Å². The highest BCUT2D eigenvalue weighted by Crippen LogP contribution is 2.29. The van der Waals surface area contributed by atoms with Crippen LogP contribution in [-0.4, -0.2) is 40.9 Å². The number of hydrogen-bond acceptors (Lipinski definition) is 4. The van der Waals surface area contributed by atoms with Gasteiger partial charge >= 0.3 is 0 Å². The molecule has 0 bridgehead atoms. The average molecular weight is 415 g/mol. The topological polar surface area (TPSA) is 85.5 Å². The summed E-state index contributed by atoms with van der Waals surface area (Å²) in [5, 5.41) is 0. The number of likely N-dealkylation sites (tertiary alicyclic amines) is 1. The molecule has 2 amide bonds. The third kappa shape index (κ3) is 4.91. The van der Waals surface area contributed by atoms with E-state index < -0.39 is 5.91 Å². The molecular formula is C25H25N3O3. The Morgan fingerprint density at radius 3 is 2.26 bits per heavy atom. The Morgan fingerprint density at radius 2 is 1.65 bits per heavy atom. The van der Waals surface area contributed by atoms with E-state index in [4.69, 9.17) is 10.5 Å². The molecule has 2 aromatic carbocycles. The lowest BCUT2D eigenvalue weighted by Crippen LogP contribution is -2.46. The molecule has 0 radical (unpaired) electrons. The van der Waals surface area contributed by atoms with Gasteiger partial charge in [-0.05, 0) is 30.0 Å². The second-order valence-corrected chi connectivity index (χ2v) is 7.66. The van der Waals surface area contributed by atoms with Crippen LogP contribution in [0.5, 0.6) is 5.75 Å². The summed E-state index contributed by atoms with van der Waals surface area (Å²) in [7, 11) is 0. The molecule has 0 saturated carbocycles. The lowest BCUT2D eigenvalue weighted by Gasteiger charge is -2.35. The number of nitrogens with two attached hydrogens (primary N) is 1. The molecule has 4 rings (SSSR count). The fourth-order valence-corrected chi connectivity index (χ4v) is 4.00. The SMILES string of the molecule is NC(=O)c1cc(OC2CCCN(C(=O)C(c3ccccc3)c3ccccc3)C2)ccn1. The summed E-state index contributed by atoms with van der Waals surface area (Å²) in [4.78, 5) is 30.9. The average Bonchev–Trinajstić information content (AvgIpc) is 2.81. The highest BCUT2D eigenvalue weighted by Gasteiger charge is 2.31. The van der Waals surface area contributed by atoms with Crippen molar-refractivity contribution in [3.05, 3.63) is 95.8 Å². The summed E-state index contributed by atoms with van der Waals surface area (Å²) >= 11 is 0. The molecular weight excluding hydrogens is 390 g/mol. The first-order valence-corrected chi connectivity index (χ1v) is 10.4. The summed E-state index contributed by atoms with van der Waals surface area (Å²) < 4.78 is 6.08. The van der Waals surface area contributed by atoms with Crippen LogP contribution in [0.2, 0.25) is 0 Å². The van der Waals surface area contributed by atoms with Crippen molar-refractivity contribution in [2.45, 2.75) is 24.9 Å². The predicted molar refractivity (Wildman–Crippen MR) is 118 cm³/mol. The van der Waals surface area contributed by atoms with Gasteiger partial charge in [-0.3, -0.25) is 14.6 Å². The molecule has 2 heterocycles. The van der Waals surface area contributed by atoms with Crippen molar-refractivity contribution in [1.29, 1.82) is 0 Å². The largest absolute Gasteiger partial charge is 0.488 e. The zero-order valence-electron chi connectivity index (χ0n) is 17.2. The number of aromatic nitrogens is 1. The summed E-state index contributed by atoms with van der Waals surface area (Å²) in [6, 6.07) is 23.0. The van der Waals surface area contributed by atoms with Gasteiger partial charge < -0.3 is 15.4 Å². The van der Waals surface area contributed by atoms with E-state index in [1.54, 1.807) is 12.1 Å². The molecule has 1 saturated heterocycles. The first-order valence-electron chi connectivity index (χ1n) is 10.4. The van der Waals surface area contributed by atoms with Gasteiger partial charge in [0.05, 0.1) is 12.5 Å². The lowest BCUT2D eigenvalue weighted by atomic mass is 9.89. The number of hydrogen-bond donors (Lipinski definition) is 1. The quantitative estimate of drug-likeness (QED) is 0.669. The van der Waals surface area contributed by atoms with Gasteiger partial charge in [0.25, 0.3) is 5.91 Å². The van der Waals surface area contributed by atoms with E-state index in [2.05, 4.69) is 4.98 Å². The number of pyridine rings is 1. The first kappa shape index (κ1) is 20.6. The summed E-state index contributed by atoms with van der Waals surface area (Å²) in [5.41, 5.74) is 7.42. The van der Waals surface area contributed by atoms with Crippen LogP contribution >= 0.6 is 0 Å². The zero-order chi connectivity index (χ0) is 21.6. The van der Waals surface area contributed by atoms with Crippen molar-refractivity contribution in [2.75, 3.05) is 13.1 Å². The Morgan fingerprint density at radius 1 is 1.00 bits per heavy atom. The highest BCUT2D eigenvalue weighted by molar-refractivity contribution is 5.91. The molecule has 3 aromatic rings. The number of amides is 2. The van der Waals surface area contributed by atoms with E-state index in [1.807, 2.05) is 65.6 Å². The molecule has 1 aliphatic rings. The van der Waals surface area contributed by atoms with Crippen LogP contribution in [0.25, 0.3) is 0 Å². The minimum Gasteiger partial charge on any atom is -0.488 e. The van der Waals surface area contributed by atoms with Crippen LogP contribution in [0.15, 0.2) is 79.0 Å². The Hall–Kier alpha value is -3.67. The monoisotopic (exact) mass is 415 g/mol. The van der Waals surface area contributed by atoms with Crippen LogP contribution < -0.4 is 10.5 Å². The number of carbonyl (C=O) groups excluding carboxylic acids is 2. The normalized spacial score (nSPS) is 16.2. The Labute approximate surface area is 181 Å². The molecule has 1 aromatic heterocycles. The van der Waals surface area contributed by atoms with Crippen molar-refractivity contribution in [3.8, 4) is 5.75 Å². The third-order valence-electron chi connectivity index (χ3n) is 5.49. The molecule has 1 fully saturated rings. The maximum Gasteiger partial charge on any atom is 0.267 e. The van der Waals surface area contributed by atoms with E-state index in [-0.39, 0.29) is 23.6 Å². The highest BCUT2D eigenvalue weighted by atomic mass is 16.5. The minimum absolute atomic E-state index is 0.0678. The van der Waals surface area contributed by atoms with Crippen LogP contribution in [-0.2, 0) is 4.79 Å². The molecule has 0 spiro atoms. The third-order valence-corrected chi connectivity index (χ3v) is 5.49. The van der Waals surface area contributed by atoms with E-state index in [9.17, 15) is 9.59 Å². The zero-order valence-corrected chi connectivity index (χ0v) is 17.2. The van der Waals surface area contributed by atoms with E-state index in [0.717, 1.165) is 24.0 Å². The molecule has 1 aliphatic heterocycles. The van der Waals surface area contributed by atoms with Crippen molar-refractivity contribution >= 4 is 11.8 Å². The van der Waals surface area contributed by atoms with Crippen LogP contribution in [0, 0.1) is 0 Å². The molecule has 2 N–H and O–H groups in total. The van der Waals surface area contributed by atoms with Gasteiger partial charge in [0.1, 0.15) is 17.5 Å². The number of rotatable bonds is 6. The van der Waals surface area contributed by atoms with Crippen molar-refractivity contribution in [2.24, 2.45) is 5.73 Å². The molecule has 6 heteroatoms. The summed E-state index contributed by atoms with van der Waals surface area (Å²) in [6.45, 7) is 1.18.